The fraction of sp³-hybridized carbons (Fsp3) is 0.467. The first-order chi connectivity index (χ1) is 11.7. The lowest BCUT2D eigenvalue weighted by atomic mass is 9.95. The molecule has 0 spiro atoms. The first kappa shape index (κ1) is 16.6. The van der Waals surface area contributed by atoms with Crippen LogP contribution < -0.4 is 14.8 Å². The van der Waals surface area contributed by atoms with Crippen molar-refractivity contribution in [3.8, 4) is 11.5 Å². The highest BCUT2D eigenvalue weighted by Crippen LogP contribution is 2.35. The van der Waals surface area contributed by atoms with E-state index in [0.29, 0.717) is 31.1 Å². The number of aromatic nitrogens is 4. The van der Waals surface area contributed by atoms with Crippen molar-refractivity contribution in [3.63, 3.8) is 0 Å². The maximum absolute atomic E-state index is 12.3. The summed E-state index contributed by atoms with van der Waals surface area (Å²) in [6.45, 7) is 0.914. The van der Waals surface area contributed by atoms with Crippen molar-refractivity contribution in [2.24, 2.45) is 13.0 Å². The zero-order chi connectivity index (χ0) is 16.9. The number of benzene rings is 1. The molecule has 8 nitrogen and oxygen atoms in total. The number of ether oxygens (including phenoxy) is 2. The fourth-order valence-corrected chi connectivity index (χ4v) is 3.23. The normalized spacial score (nSPS) is 16.2. The van der Waals surface area contributed by atoms with E-state index in [0.717, 1.165) is 16.5 Å². The summed E-state index contributed by atoms with van der Waals surface area (Å²) in [5, 5.41) is 14.9. The van der Waals surface area contributed by atoms with Crippen LogP contribution in [0.3, 0.4) is 0 Å². The summed E-state index contributed by atoms with van der Waals surface area (Å²) in [7, 11) is 3.40. The van der Waals surface area contributed by atoms with Gasteiger partial charge in [0.2, 0.25) is 11.1 Å². The van der Waals surface area contributed by atoms with E-state index in [1.807, 2.05) is 18.2 Å². The minimum atomic E-state index is -0.189. The highest BCUT2D eigenvalue weighted by Gasteiger charge is 2.27. The molecule has 1 amide bonds. The highest BCUT2D eigenvalue weighted by atomic mass is 32.2. The van der Waals surface area contributed by atoms with E-state index in [1.54, 1.807) is 18.8 Å². The van der Waals surface area contributed by atoms with Crippen LogP contribution in [0.4, 0.5) is 0 Å². The van der Waals surface area contributed by atoms with Gasteiger partial charge in [-0.3, -0.25) is 4.79 Å². The van der Waals surface area contributed by atoms with E-state index in [4.69, 9.17) is 9.47 Å². The molecule has 0 radical (unpaired) electrons. The maximum atomic E-state index is 12.3. The van der Waals surface area contributed by atoms with Crippen molar-refractivity contribution in [1.82, 2.24) is 25.5 Å². The van der Waals surface area contributed by atoms with Crippen molar-refractivity contribution in [2.45, 2.75) is 11.6 Å². The zero-order valence-electron chi connectivity index (χ0n) is 13.6. The summed E-state index contributed by atoms with van der Waals surface area (Å²) in [4.78, 5) is 12.3. The number of hydrogen-bond donors (Lipinski definition) is 1. The molecule has 2 heterocycles. The van der Waals surface area contributed by atoms with Gasteiger partial charge >= 0.3 is 0 Å². The lowest BCUT2D eigenvalue weighted by Gasteiger charge is -2.25. The molecule has 1 aromatic heterocycles. The van der Waals surface area contributed by atoms with Crippen molar-refractivity contribution in [1.29, 1.82) is 0 Å². The Morgan fingerprint density at radius 3 is 3.17 bits per heavy atom. The van der Waals surface area contributed by atoms with Gasteiger partial charge in [-0.05, 0) is 28.5 Å². The van der Waals surface area contributed by atoms with E-state index in [2.05, 4.69) is 20.8 Å². The third-order valence-electron chi connectivity index (χ3n) is 3.76. The van der Waals surface area contributed by atoms with Crippen LogP contribution in [0.1, 0.15) is 5.56 Å². The van der Waals surface area contributed by atoms with Gasteiger partial charge in [-0.1, -0.05) is 23.9 Å². The van der Waals surface area contributed by atoms with Crippen LogP contribution in [-0.2, 0) is 18.3 Å². The standard InChI is InChI=1S/C15H19N5O3S/c1-20-15(17-18-19-20)24-7-6-16-14(21)11-8-10-4-3-5-12(22-2)13(10)23-9-11/h3-5,11H,6-9H2,1-2H3,(H,16,21)/t11-/m0/s1. The van der Waals surface area contributed by atoms with Gasteiger partial charge in [-0.25, -0.2) is 4.68 Å². The van der Waals surface area contributed by atoms with Crippen molar-refractivity contribution in [3.05, 3.63) is 23.8 Å². The average molecular weight is 349 g/mol. The van der Waals surface area contributed by atoms with Gasteiger partial charge in [0.1, 0.15) is 6.61 Å². The number of tetrazole rings is 1. The summed E-state index contributed by atoms with van der Waals surface area (Å²) in [5.41, 5.74) is 1.00. The molecule has 3 rings (SSSR count). The number of para-hydroxylation sites is 1. The third kappa shape index (κ3) is 3.61. The van der Waals surface area contributed by atoms with Gasteiger partial charge in [0.05, 0.1) is 13.0 Å². The predicted molar refractivity (Wildman–Crippen MR) is 88.2 cm³/mol. The topological polar surface area (TPSA) is 91.2 Å². The van der Waals surface area contributed by atoms with Gasteiger partial charge in [-0.2, -0.15) is 0 Å². The summed E-state index contributed by atoms with van der Waals surface area (Å²) < 4.78 is 12.6. The van der Waals surface area contributed by atoms with Crippen LogP contribution in [0, 0.1) is 5.92 Å². The first-order valence-corrected chi connectivity index (χ1v) is 8.59. The molecule has 0 unspecified atom stereocenters. The third-order valence-corrected chi connectivity index (χ3v) is 4.77. The van der Waals surface area contributed by atoms with Gasteiger partial charge in [0.25, 0.3) is 0 Å². The Morgan fingerprint density at radius 2 is 2.42 bits per heavy atom. The Hall–Kier alpha value is -2.29. The van der Waals surface area contributed by atoms with E-state index in [-0.39, 0.29) is 11.8 Å². The smallest absolute Gasteiger partial charge is 0.226 e. The van der Waals surface area contributed by atoms with Crippen LogP contribution in [-0.4, -0.2) is 52.1 Å². The van der Waals surface area contributed by atoms with Gasteiger partial charge < -0.3 is 14.8 Å². The SMILES string of the molecule is COc1cccc2c1OC[C@@H](C(=O)NCCSc1nnnn1C)C2. The van der Waals surface area contributed by atoms with Crippen LogP contribution >= 0.6 is 11.8 Å². The van der Waals surface area contributed by atoms with Crippen molar-refractivity contribution < 1.29 is 14.3 Å². The van der Waals surface area contributed by atoms with Gasteiger partial charge in [0, 0.05) is 19.3 Å². The molecule has 9 heteroatoms. The minimum Gasteiger partial charge on any atom is -0.493 e. The monoisotopic (exact) mass is 349 g/mol. The van der Waals surface area contributed by atoms with Crippen LogP contribution in [0.5, 0.6) is 11.5 Å². The molecular formula is C15H19N5O3S. The molecule has 0 saturated heterocycles. The summed E-state index contributed by atoms with van der Waals surface area (Å²) in [6, 6.07) is 5.74. The lowest BCUT2D eigenvalue weighted by Crippen LogP contribution is -2.38. The number of amides is 1. The predicted octanol–water partition coefficient (Wildman–Crippen LogP) is 0.678. The number of carbonyl (C=O) groups excluding carboxylic acids is 1. The van der Waals surface area contributed by atoms with Gasteiger partial charge in [-0.15, -0.1) is 5.10 Å². The number of fused-ring (bicyclic) bond motifs is 1. The number of hydrogen-bond acceptors (Lipinski definition) is 7. The number of nitrogens with zero attached hydrogens (tertiary/aromatic N) is 4. The number of rotatable bonds is 6. The van der Waals surface area contributed by atoms with Crippen LogP contribution in [0.25, 0.3) is 0 Å². The molecule has 1 N–H and O–H groups in total. The second kappa shape index (κ2) is 7.52. The lowest BCUT2D eigenvalue weighted by molar-refractivity contribution is -0.126. The molecule has 2 aromatic rings. The highest BCUT2D eigenvalue weighted by molar-refractivity contribution is 7.99. The van der Waals surface area contributed by atoms with E-state index < -0.39 is 0 Å². The Morgan fingerprint density at radius 1 is 1.54 bits per heavy atom. The Bertz CT molecular complexity index is 721. The van der Waals surface area contributed by atoms with Crippen molar-refractivity contribution >= 4 is 17.7 Å². The quantitative estimate of drug-likeness (QED) is 0.606. The van der Waals surface area contributed by atoms with Crippen LogP contribution in [0.15, 0.2) is 23.4 Å². The molecular weight excluding hydrogens is 330 g/mol. The van der Waals surface area contributed by atoms with Crippen molar-refractivity contribution in [2.75, 3.05) is 26.0 Å². The van der Waals surface area contributed by atoms with Gasteiger partial charge in [0.15, 0.2) is 11.5 Å². The molecule has 0 aliphatic carbocycles. The number of nitrogens with one attached hydrogen (secondary N) is 1. The Balaban J connectivity index is 1.48. The maximum Gasteiger partial charge on any atom is 0.226 e. The molecule has 128 valence electrons. The second-order valence-electron chi connectivity index (χ2n) is 5.39. The molecule has 1 aliphatic rings. The number of carbonyl (C=O) groups is 1. The van der Waals surface area contributed by atoms with Crippen LogP contribution in [0.2, 0.25) is 0 Å². The second-order valence-corrected chi connectivity index (χ2v) is 6.45. The van der Waals surface area contributed by atoms with E-state index in [9.17, 15) is 4.79 Å². The molecule has 0 fully saturated rings. The Kier molecular flexibility index (Phi) is 5.19. The van der Waals surface area contributed by atoms with E-state index in [1.165, 1.54) is 11.8 Å². The zero-order valence-corrected chi connectivity index (χ0v) is 14.4. The number of aryl methyl sites for hydroxylation is 1. The van der Waals surface area contributed by atoms with E-state index >= 15 is 0 Å². The average Bonchev–Trinajstić information content (AvgIpc) is 3.02. The largest absolute Gasteiger partial charge is 0.493 e. The Labute approximate surface area is 143 Å². The molecule has 1 aliphatic heterocycles. The number of methoxy groups -OCH3 is 1. The summed E-state index contributed by atoms with van der Waals surface area (Å²) in [6.07, 6.45) is 0.652. The molecule has 0 bridgehead atoms. The molecule has 1 aromatic carbocycles. The minimum absolute atomic E-state index is 0.000148. The molecule has 1 atom stereocenters. The first-order valence-electron chi connectivity index (χ1n) is 7.60. The molecule has 0 saturated carbocycles. The molecule has 24 heavy (non-hydrogen) atoms. The number of thioether (sulfide) groups is 1. The summed E-state index contributed by atoms with van der Waals surface area (Å²) in [5.74, 6) is 1.97. The fourth-order valence-electron chi connectivity index (χ4n) is 2.53. The summed E-state index contributed by atoms with van der Waals surface area (Å²) >= 11 is 1.50.